The molecule has 2 rings (SSSR count). The third-order valence-electron chi connectivity index (χ3n) is 3.83. The molecule has 8 nitrogen and oxygen atoms in total. The van der Waals surface area contributed by atoms with Crippen LogP contribution in [0.15, 0.2) is 23.3 Å². The van der Waals surface area contributed by atoms with Crippen LogP contribution in [0.4, 0.5) is 5.69 Å². The lowest BCUT2D eigenvalue weighted by Crippen LogP contribution is -2.56. The van der Waals surface area contributed by atoms with Gasteiger partial charge in [-0.25, -0.2) is 0 Å². The molecule has 23 heavy (non-hydrogen) atoms. The zero-order valence-electron chi connectivity index (χ0n) is 13.3. The number of aromatic nitrogens is 1. The van der Waals surface area contributed by atoms with E-state index < -0.39 is 11.8 Å². The van der Waals surface area contributed by atoms with Gasteiger partial charge in [0.05, 0.1) is 13.2 Å². The van der Waals surface area contributed by atoms with Gasteiger partial charge in [0.25, 0.3) is 0 Å². The molecule has 8 heteroatoms. The van der Waals surface area contributed by atoms with Crippen LogP contribution in [0, 0.1) is 0 Å². The van der Waals surface area contributed by atoms with E-state index >= 15 is 0 Å². The molecule has 1 aromatic rings. The number of nitrogens with zero attached hydrogens (tertiary/aromatic N) is 1. The summed E-state index contributed by atoms with van der Waals surface area (Å²) in [6.07, 6.45) is 2.79. The molecule has 0 unspecified atom stereocenters. The lowest BCUT2D eigenvalue weighted by atomic mass is 10.0. The molecule has 0 aromatic carbocycles. The molecule has 126 valence electrons. The van der Waals surface area contributed by atoms with Crippen molar-refractivity contribution in [3.05, 3.63) is 28.7 Å². The van der Waals surface area contributed by atoms with E-state index in [1.54, 1.807) is 0 Å². The van der Waals surface area contributed by atoms with Crippen molar-refractivity contribution in [3.8, 4) is 0 Å². The fourth-order valence-electron chi connectivity index (χ4n) is 2.35. The van der Waals surface area contributed by atoms with E-state index in [4.69, 9.17) is 4.74 Å². The number of rotatable bonds is 4. The quantitative estimate of drug-likeness (QED) is 0.651. The number of ether oxygens (including phenoxy) is 1. The predicted molar refractivity (Wildman–Crippen MR) is 85.2 cm³/mol. The Hall–Kier alpha value is -2.19. The van der Waals surface area contributed by atoms with Gasteiger partial charge in [0, 0.05) is 43.6 Å². The number of amides is 2. The first-order valence-corrected chi connectivity index (χ1v) is 7.49. The molecule has 1 aliphatic heterocycles. The zero-order valence-corrected chi connectivity index (χ0v) is 13.3. The Morgan fingerprint density at radius 3 is 2.65 bits per heavy atom. The van der Waals surface area contributed by atoms with Gasteiger partial charge in [0.15, 0.2) is 0 Å². The van der Waals surface area contributed by atoms with Crippen molar-refractivity contribution in [1.82, 2.24) is 15.2 Å². The monoisotopic (exact) mass is 322 g/mol. The summed E-state index contributed by atoms with van der Waals surface area (Å²) < 4.78 is 5.31. The average Bonchev–Trinajstić information content (AvgIpc) is 2.55. The summed E-state index contributed by atoms with van der Waals surface area (Å²) in [5.41, 5.74) is -0.608. The number of morpholine rings is 1. The largest absolute Gasteiger partial charge is 0.379 e. The van der Waals surface area contributed by atoms with Gasteiger partial charge < -0.3 is 20.4 Å². The maximum absolute atomic E-state index is 11.9. The van der Waals surface area contributed by atoms with Gasteiger partial charge in [0.1, 0.15) is 5.69 Å². The van der Waals surface area contributed by atoms with Gasteiger partial charge in [-0.3, -0.25) is 19.3 Å². The highest BCUT2D eigenvalue weighted by atomic mass is 16.5. The second-order valence-electron chi connectivity index (χ2n) is 5.97. The van der Waals surface area contributed by atoms with Gasteiger partial charge >= 0.3 is 11.8 Å². The summed E-state index contributed by atoms with van der Waals surface area (Å²) in [6.45, 7) is 7.22. The number of hydrogen-bond acceptors (Lipinski definition) is 5. The van der Waals surface area contributed by atoms with Gasteiger partial charge in [-0.15, -0.1) is 0 Å². The number of hydrogen-bond donors (Lipinski definition) is 3. The minimum atomic E-state index is -0.862. The van der Waals surface area contributed by atoms with Gasteiger partial charge in [-0.05, 0) is 13.8 Å². The van der Waals surface area contributed by atoms with Crippen LogP contribution < -0.4 is 16.1 Å². The van der Waals surface area contributed by atoms with Crippen molar-refractivity contribution in [1.29, 1.82) is 0 Å². The van der Waals surface area contributed by atoms with Crippen molar-refractivity contribution in [2.24, 2.45) is 0 Å². The van der Waals surface area contributed by atoms with Crippen LogP contribution in [0.25, 0.3) is 0 Å². The molecule has 0 bridgehead atoms. The highest BCUT2D eigenvalue weighted by molar-refractivity contribution is 6.39. The maximum atomic E-state index is 11.9. The molecule has 0 atom stereocenters. The van der Waals surface area contributed by atoms with Gasteiger partial charge in [0.2, 0.25) is 5.43 Å². The summed E-state index contributed by atoms with van der Waals surface area (Å²) in [5, 5.41) is 4.91. The van der Waals surface area contributed by atoms with Gasteiger partial charge in [-0.2, -0.15) is 0 Å². The Kier molecular flexibility index (Phi) is 5.51. The second-order valence-corrected chi connectivity index (χ2v) is 5.97. The molecule has 0 saturated carbocycles. The van der Waals surface area contributed by atoms with Gasteiger partial charge in [-0.1, -0.05) is 0 Å². The lowest BCUT2D eigenvalue weighted by Gasteiger charge is -2.40. The fraction of sp³-hybridized carbons (Fsp3) is 0.533. The van der Waals surface area contributed by atoms with Crippen LogP contribution in [0.5, 0.6) is 0 Å². The number of H-pyrrole nitrogens is 1. The highest BCUT2D eigenvalue weighted by Gasteiger charge is 2.29. The zero-order chi connectivity index (χ0) is 16.9. The van der Waals surface area contributed by atoms with Crippen molar-refractivity contribution in [2.45, 2.75) is 19.4 Å². The third kappa shape index (κ3) is 4.64. The van der Waals surface area contributed by atoms with Crippen LogP contribution in [0.3, 0.4) is 0 Å². The molecule has 0 radical (unpaired) electrons. The summed E-state index contributed by atoms with van der Waals surface area (Å²) in [5.74, 6) is -1.63. The van der Waals surface area contributed by atoms with Crippen LogP contribution in [-0.4, -0.2) is 60.1 Å². The Balaban J connectivity index is 1.87. The van der Waals surface area contributed by atoms with Crippen molar-refractivity contribution >= 4 is 17.5 Å². The first-order chi connectivity index (χ1) is 10.9. The van der Waals surface area contributed by atoms with E-state index in [-0.39, 0.29) is 16.7 Å². The fourth-order valence-corrected chi connectivity index (χ4v) is 2.35. The normalized spacial score (nSPS) is 15.9. The maximum Gasteiger partial charge on any atom is 0.313 e. The molecule has 2 amide bonds. The van der Waals surface area contributed by atoms with Crippen LogP contribution in [-0.2, 0) is 14.3 Å². The van der Waals surface area contributed by atoms with E-state index in [1.807, 2.05) is 13.8 Å². The first kappa shape index (κ1) is 17.2. The number of aromatic amines is 1. The average molecular weight is 322 g/mol. The topological polar surface area (TPSA) is 104 Å². The Morgan fingerprint density at radius 2 is 2.00 bits per heavy atom. The van der Waals surface area contributed by atoms with E-state index in [2.05, 4.69) is 20.5 Å². The predicted octanol–water partition coefficient (Wildman–Crippen LogP) is -0.460. The molecular weight excluding hydrogens is 300 g/mol. The Morgan fingerprint density at radius 1 is 1.30 bits per heavy atom. The van der Waals surface area contributed by atoms with Crippen LogP contribution in [0.2, 0.25) is 0 Å². The van der Waals surface area contributed by atoms with E-state index in [9.17, 15) is 14.4 Å². The number of pyridine rings is 1. The second kappa shape index (κ2) is 7.38. The molecule has 0 aliphatic carbocycles. The smallest absolute Gasteiger partial charge is 0.313 e. The van der Waals surface area contributed by atoms with E-state index in [0.717, 1.165) is 13.1 Å². The molecule has 0 spiro atoms. The molecule has 1 fully saturated rings. The standard InChI is InChI=1S/C15H22N4O4/c1-15(2,19-5-7-23-8-6-19)10-17-13(21)14(22)18-11-9-16-4-3-12(11)20/h3-4,9H,5-8,10H2,1-2H3,(H,16,20)(H,17,21)(H,18,22). The highest BCUT2D eigenvalue weighted by Crippen LogP contribution is 2.14. The molecule has 1 aromatic heterocycles. The summed E-state index contributed by atoms with van der Waals surface area (Å²) in [4.78, 5) is 40.2. The number of nitrogens with one attached hydrogen (secondary N) is 3. The Labute approximate surface area is 134 Å². The van der Waals surface area contributed by atoms with E-state index in [1.165, 1.54) is 18.5 Å². The van der Waals surface area contributed by atoms with Crippen LogP contribution in [0.1, 0.15) is 13.8 Å². The molecule has 1 aliphatic rings. The molecule has 3 N–H and O–H groups in total. The minimum absolute atomic E-state index is 0.0417. The molecule has 1 saturated heterocycles. The van der Waals surface area contributed by atoms with Crippen molar-refractivity contribution in [3.63, 3.8) is 0 Å². The number of carbonyl (C=O) groups excluding carboxylic acids is 2. The van der Waals surface area contributed by atoms with Crippen molar-refractivity contribution < 1.29 is 14.3 Å². The number of anilines is 1. The number of carbonyl (C=O) groups is 2. The summed E-state index contributed by atoms with van der Waals surface area (Å²) >= 11 is 0. The minimum Gasteiger partial charge on any atom is -0.379 e. The lowest BCUT2D eigenvalue weighted by molar-refractivity contribution is -0.136. The third-order valence-corrected chi connectivity index (χ3v) is 3.83. The SMILES string of the molecule is CC(C)(CNC(=O)C(=O)Nc1c[nH]ccc1=O)N1CCOCC1. The Bertz CT molecular complexity index is 620. The molecule has 2 heterocycles. The summed E-state index contributed by atoms with van der Waals surface area (Å²) in [6, 6.07) is 1.27. The first-order valence-electron chi connectivity index (χ1n) is 7.49. The van der Waals surface area contributed by atoms with Crippen LogP contribution >= 0.6 is 0 Å². The summed E-state index contributed by atoms with van der Waals surface area (Å²) in [7, 11) is 0. The van der Waals surface area contributed by atoms with Crippen molar-refractivity contribution in [2.75, 3.05) is 38.2 Å². The molecular formula is C15H22N4O4. The van der Waals surface area contributed by atoms with E-state index in [0.29, 0.717) is 19.8 Å².